The van der Waals surface area contributed by atoms with Crippen LogP contribution in [0.3, 0.4) is 0 Å². The predicted molar refractivity (Wildman–Crippen MR) is 168 cm³/mol. The molecule has 43 heavy (non-hydrogen) atoms. The molecule has 0 unspecified atom stereocenters. The van der Waals surface area contributed by atoms with Crippen LogP contribution in [-0.2, 0) is 11.8 Å². The van der Waals surface area contributed by atoms with Gasteiger partial charge in [-0.05, 0) is 54.0 Å². The minimum absolute atomic E-state index is 0.0224. The monoisotopic (exact) mass is 559 g/mol. The number of halogens is 1. The van der Waals surface area contributed by atoms with Gasteiger partial charge < -0.3 is 20.4 Å². The third-order valence-electron chi connectivity index (χ3n) is 6.56. The number of ether oxygens (including phenoxy) is 1. The summed E-state index contributed by atoms with van der Waals surface area (Å²) in [5.41, 5.74) is 9.95. The number of carbonyl (C=O) groups is 1. The zero-order chi connectivity index (χ0) is 31.1. The maximum atomic E-state index is 15.4. The Morgan fingerprint density at radius 2 is 1.72 bits per heavy atom. The van der Waals surface area contributed by atoms with Gasteiger partial charge in [-0.1, -0.05) is 18.2 Å². The third-order valence-corrected chi connectivity index (χ3v) is 6.56. The quantitative estimate of drug-likeness (QED) is 0.233. The molecule has 3 N–H and O–H groups in total. The highest BCUT2D eigenvalue weighted by molar-refractivity contribution is 6.65. The van der Waals surface area contributed by atoms with Gasteiger partial charge in [-0.25, -0.2) is 24.3 Å². The number of nitrogen functional groups attached to an aromatic ring is 1. The lowest BCUT2D eigenvalue weighted by Gasteiger charge is -2.26. The van der Waals surface area contributed by atoms with Crippen molar-refractivity contribution in [1.29, 1.82) is 0 Å². The summed E-state index contributed by atoms with van der Waals surface area (Å²) in [6.45, 7) is 1.78. The lowest BCUT2D eigenvalue weighted by atomic mass is 9.37. The topological polar surface area (TPSA) is 121 Å². The van der Waals surface area contributed by atoms with Crippen LogP contribution < -0.4 is 15.8 Å². The van der Waals surface area contributed by atoms with E-state index in [9.17, 15) is 4.79 Å². The lowest BCUT2D eigenvalue weighted by Crippen LogP contribution is -2.28. The van der Waals surface area contributed by atoms with Gasteiger partial charge in [-0.15, -0.1) is 5.11 Å². The molecule has 5 aromatic rings. The Balaban J connectivity index is 1.56. The molecule has 10 radical (unpaired) electrons. The second-order valence-corrected chi connectivity index (χ2v) is 9.76. The van der Waals surface area contributed by atoms with Crippen molar-refractivity contribution in [3.63, 3.8) is 0 Å². The van der Waals surface area contributed by atoms with Gasteiger partial charge in [0.1, 0.15) is 17.8 Å². The van der Waals surface area contributed by atoms with Crippen molar-refractivity contribution in [2.24, 2.45) is 7.05 Å². The number of hydrogen-bond donors (Lipinski definition) is 2. The molecule has 3 aromatic heterocycles. The standard InChI is InChI=1S/C28H19B5FN7O2/c1-13-9-10-36-27(39-13)43-18-8-5-15(11-17(18)34)19-20-24(35)37-12-38-25(20)41(2)22(19)14-3-6-16(7-4-14)40-26(42)21(23(29)30)28(31,32)33/h3-12H,1-2H3,(H,40,42)(H2,35,37,38). The number of aryl methyl sites for hydroxylation is 2. The normalized spacial score (nSPS) is 11.3. The van der Waals surface area contributed by atoms with E-state index in [1.807, 2.05) is 4.57 Å². The molecule has 0 aliphatic heterocycles. The van der Waals surface area contributed by atoms with Crippen LogP contribution in [0.2, 0.25) is 5.11 Å². The highest BCUT2D eigenvalue weighted by Gasteiger charge is 2.25. The van der Waals surface area contributed by atoms with Crippen molar-refractivity contribution in [2.75, 3.05) is 11.1 Å². The number of nitrogens with one attached hydrogen (secondary N) is 1. The van der Waals surface area contributed by atoms with E-state index in [1.54, 1.807) is 50.4 Å². The number of hydrogen-bond acceptors (Lipinski definition) is 7. The molecular formula is C28H19B5FN7O2. The largest absolute Gasteiger partial charge is 0.421 e. The van der Waals surface area contributed by atoms with E-state index >= 15 is 4.39 Å². The van der Waals surface area contributed by atoms with E-state index in [1.165, 1.54) is 24.7 Å². The maximum Gasteiger partial charge on any atom is 0.322 e. The fraction of sp³-hybridized carbons (Fsp3) is 0.107. The number of aromatic nitrogens is 5. The number of benzene rings is 2. The minimum atomic E-state index is -2.05. The first-order valence-electron chi connectivity index (χ1n) is 12.8. The van der Waals surface area contributed by atoms with Gasteiger partial charge >= 0.3 is 6.01 Å². The predicted octanol–water partition coefficient (Wildman–Crippen LogP) is 2.98. The summed E-state index contributed by atoms with van der Waals surface area (Å²) < 4.78 is 22.8. The molecule has 0 aliphatic carbocycles. The number of rotatable bonds is 7. The molecule has 0 spiro atoms. The third kappa shape index (κ3) is 5.93. The highest BCUT2D eigenvalue weighted by atomic mass is 19.1. The van der Waals surface area contributed by atoms with Crippen LogP contribution in [0.25, 0.3) is 33.4 Å². The SMILES string of the molecule is [B]C([B])=C(C(=O)Nc1ccc(-c2c(-c3ccc(Oc4nccc(C)n4)c(F)c3)c3c(N)ncnc3n2C)cc1)C([B])([B])[B]. The average Bonchev–Trinajstić information content (AvgIpc) is 3.22. The van der Waals surface area contributed by atoms with Gasteiger partial charge in [0, 0.05) is 30.2 Å². The van der Waals surface area contributed by atoms with Gasteiger partial charge in [-0.3, -0.25) is 4.79 Å². The Bertz CT molecular complexity index is 1900. The van der Waals surface area contributed by atoms with Crippen LogP contribution in [0.1, 0.15) is 5.69 Å². The van der Waals surface area contributed by atoms with Crippen molar-refractivity contribution in [3.8, 4) is 34.1 Å². The van der Waals surface area contributed by atoms with Gasteiger partial charge in [0.05, 0.1) is 50.3 Å². The summed E-state index contributed by atoms with van der Waals surface area (Å²) in [4.78, 5) is 29.5. The summed E-state index contributed by atoms with van der Waals surface area (Å²) >= 11 is 0. The van der Waals surface area contributed by atoms with Crippen LogP contribution in [0.4, 0.5) is 15.9 Å². The number of fused-ring (bicyclic) bond motifs is 1. The summed E-state index contributed by atoms with van der Waals surface area (Å²) in [6.07, 6.45) is 2.88. The van der Waals surface area contributed by atoms with Crippen molar-refractivity contribution in [2.45, 2.75) is 12.0 Å². The van der Waals surface area contributed by atoms with E-state index in [4.69, 9.17) is 49.7 Å². The van der Waals surface area contributed by atoms with E-state index < -0.39 is 22.2 Å². The second-order valence-electron chi connectivity index (χ2n) is 9.76. The molecule has 0 aliphatic rings. The molecule has 1 amide bonds. The van der Waals surface area contributed by atoms with Gasteiger partial charge in [0.15, 0.2) is 11.6 Å². The number of anilines is 2. The minimum Gasteiger partial charge on any atom is -0.421 e. The number of nitrogens with zero attached hydrogens (tertiary/aromatic N) is 5. The van der Waals surface area contributed by atoms with Crippen molar-refractivity contribution in [1.82, 2.24) is 24.5 Å². The molecular weight excluding hydrogens is 539 g/mol. The Morgan fingerprint density at radius 3 is 2.35 bits per heavy atom. The summed E-state index contributed by atoms with van der Waals surface area (Å²) in [5.74, 6) is -1.24. The zero-order valence-corrected chi connectivity index (χ0v) is 23.2. The molecule has 9 nitrogen and oxygen atoms in total. The fourth-order valence-electron chi connectivity index (χ4n) is 4.69. The first-order valence-corrected chi connectivity index (χ1v) is 12.8. The molecule has 0 fully saturated rings. The molecule has 2 aromatic carbocycles. The molecule has 0 bridgehead atoms. The highest BCUT2D eigenvalue weighted by Crippen LogP contribution is 2.42. The van der Waals surface area contributed by atoms with Crippen molar-refractivity contribution < 1.29 is 13.9 Å². The number of amides is 1. The summed E-state index contributed by atoms with van der Waals surface area (Å²) in [6, 6.07) is 13.0. The molecule has 200 valence electrons. The maximum absolute atomic E-state index is 15.4. The first-order chi connectivity index (χ1) is 20.3. The molecule has 0 saturated carbocycles. The zero-order valence-electron chi connectivity index (χ0n) is 23.2. The van der Waals surface area contributed by atoms with E-state index in [-0.39, 0.29) is 23.2 Å². The van der Waals surface area contributed by atoms with Crippen LogP contribution in [0.5, 0.6) is 11.8 Å². The first kappa shape index (κ1) is 29.7. The summed E-state index contributed by atoms with van der Waals surface area (Å²) in [5, 5.41) is 0.698. The number of carbonyl (C=O) groups excluding carboxylic acids is 1. The Hall–Kier alpha value is -4.80. The van der Waals surface area contributed by atoms with E-state index in [0.717, 1.165) is 0 Å². The van der Waals surface area contributed by atoms with Crippen molar-refractivity contribution in [3.05, 3.63) is 83.5 Å². The van der Waals surface area contributed by atoms with Crippen molar-refractivity contribution >= 4 is 67.7 Å². The lowest BCUT2D eigenvalue weighted by molar-refractivity contribution is -0.112. The van der Waals surface area contributed by atoms with E-state index in [2.05, 4.69) is 25.3 Å². The smallest absolute Gasteiger partial charge is 0.322 e. The molecule has 3 heterocycles. The molecule has 5 rings (SSSR count). The Labute approximate surface area is 253 Å². The molecule has 15 heteroatoms. The Kier molecular flexibility index (Phi) is 7.92. The second kappa shape index (κ2) is 11.5. The Morgan fingerprint density at radius 1 is 1.02 bits per heavy atom. The number of nitrogens with two attached hydrogens (primary N) is 1. The van der Waals surface area contributed by atoms with Gasteiger partial charge in [0.25, 0.3) is 0 Å². The van der Waals surface area contributed by atoms with Crippen LogP contribution >= 0.6 is 0 Å². The van der Waals surface area contributed by atoms with Crippen LogP contribution in [0, 0.1) is 12.7 Å². The van der Waals surface area contributed by atoms with Crippen LogP contribution in [0.15, 0.2) is 72.0 Å². The van der Waals surface area contributed by atoms with Gasteiger partial charge in [-0.2, -0.15) is 5.37 Å². The molecule has 0 atom stereocenters. The van der Waals surface area contributed by atoms with Crippen LogP contribution in [-0.4, -0.2) is 69.6 Å². The van der Waals surface area contributed by atoms with E-state index in [0.29, 0.717) is 44.8 Å². The average molecular weight is 559 g/mol. The van der Waals surface area contributed by atoms with Gasteiger partial charge in [0.2, 0.25) is 5.91 Å². The molecule has 0 saturated heterocycles. The fourth-order valence-corrected chi connectivity index (χ4v) is 4.69. The summed E-state index contributed by atoms with van der Waals surface area (Å²) in [7, 11) is 29.9.